The van der Waals surface area contributed by atoms with Crippen LogP contribution >= 0.6 is 0 Å². The quantitative estimate of drug-likeness (QED) is 0.162. The highest BCUT2D eigenvalue weighted by molar-refractivity contribution is 5.79. The maximum absolute atomic E-state index is 6.61. The molecule has 0 aliphatic rings. The first kappa shape index (κ1) is 24.8. The molecular formula is C36H28N4. The van der Waals surface area contributed by atoms with Gasteiger partial charge in [-0.1, -0.05) is 66.7 Å². The van der Waals surface area contributed by atoms with Gasteiger partial charge in [0, 0.05) is 34.5 Å². The Balaban J connectivity index is 1.27. The van der Waals surface area contributed by atoms with E-state index in [1.54, 1.807) is 5.01 Å². The van der Waals surface area contributed by atoms with Crippen LogP contribution in [0.3, 0.4) is 0 Å². The zero-order valence-electron chi connectivity index (χ0n) is 21.9. The molecule has 0 radical (unpaired) electrons. The minimum absolute atomic E-state index is 0.889. The van der Waals surface area contributed by atoms with Gasteiger partial charge in [-0.2, -0.15) is 0 Å². The van der Waals surface area contributed by atoms with E-state index in [1.165, 1.54) is 0 Å². The molecule has 0 aliphatic heterocycles. The van der Waals surface area contributed by atoms with Crippen molar-refractivity contribution in [2.75, 3.05) is 14.8 Å². The summed E-state index contributed by atoms with van der Waals surface area (Å²) in [7, 11) is 0. The molecule has 6 aromatic rings. The van der Waals surface area contributed by atoms with Gasteiger partial charge in [-0.25, -0.2) is 5.84 Å². The van der Waals surface area contributed by atoms with Crippen molar-refractivity contribution in [1.82, 2.24) is 0 Å². The molecule has 4 nitrogen and oxygen atoms in total. The molecule has 192 valence electrons. The van der Waals surface area contributed by atoms with Crippen LogP contribution in [-0.2, 0) is 0 Å². The third kappa shape index (κ3) is 5.23. The summed E-state index contributed by atoms with van der Waals surface area (Å²) in [5.74, 6) is 6.61. The monoisotopic (exact) mass is 516 g/mol. The van der Waals surface area contributed by atoms with Gasteiger partial charge in [-0.3, -0.25) is 5.01 Å². The number of anilines is 8. The smallest absolute Gasteiger partial charge is 0.0576 e. The number of hydrogen-bond donors (Lipinski definition) is 1. The van der Waals surface area contributed by atoms with Crippen LogP contribution in [0.5, 0.6) is 0 Å². The average molecular weight is 517 g/mol. The average Bonchev–Trinajstić information content (AvgIpc) is 3.04. The molecule has 0 fully saturated rings. The summed E-state index contributed by atoms with van der Waals surface area (Å²) in [5, 5.41) is 1.71. The number of para-hydroxylation sites is 3. The topological polar surface area (TPSA) is 35.7 Å². The number of nitrogens with two attached hydrogens (primary N) is 1. The van der Waals surface area contributed by atoms with E-state index in [0.29, 0.717) is 0 Å². The van der Waals surface area contributed by atoms with Crippen molar-refractivity contribution >= 4 is 45.5 Å². The van der Waals surface area contributed by atoms with Crippen molar-refractivity contribution in [3.63, 3.8) is 0 Å². The molecule has 0 heterocycles. The predicted molar refractivity (Wildman–Crippen MR) is 166 cm³/mol. The zero-order chi connectivity index (χ0) is 27.1. The second kappa shape index (κ2) is 11.5. The first-order valence-corrected chi connectivity index (χ1v) is 13.2. The highest BCUT2D eigenvalue weighted by Gasteiger charge is 2.15. The van der Waals surface area contributed by atoms with E-state index in [2.05, 4.69) is 119 Å². The van der Waals surface area contributed by atoms with E-state index in [9.17, 15) is 0 Å². The van der Waals surface area contributed by atoms with Crippen molar-refractivity contribution in [3.05, 3.63) is 170 Å². The lowest BCUT2D eigenvalue weighted by atomic mass is 10.1. The first-order valence-electron chi connectivity index (χ1n) is 13.2. The Bertz CT molecular complexity index is 1420. The number of nitrogens with zero attached hydrogens (tertiary/aromatic N) is 3. The van der Waals surface area contributed by atoms with E-state index in [-0.39, 0.29) is 0 Å². The summed E-state index contributed by atoms with van der Waals surface area (Å²) in [6.45, 7) is 0. The fourth-order valence-corrected chi connectivity index (χ4v) is 4.78. The number of benzene rings is 5. The Hall–Kier alpha value is -5.50. The van der Waals surface area contributed by atoms with Crippen LogP contribution in [0.1, 0.15) is 0 Å². The van der Waals surface area contributed by atoms with E-state index in [1.807, 2.05) is 60.7 Å². The fourth-order valence-electron chi connectivity index (χ4n) is 4.78. The third-order valence-corrected chi connectivity index (χ3v) is 6.71. The maximum Gasteiger partial charge on any atom is 0.0576 e. The van der Waals surface area contributed by atoms with Gasteiger partial charge in [0.2, 0.25) is 0 Å². The Labute approximate surface area is 235 Å². The van der Waals surface area contributed by atoms with Crippen molar-refractivity contribution in [1.29, 1.82) is 0 Å². The molecule has 0 aliphatic carbocycles. The van der Waals surface area contributed by atoms with Crippen LogP contribution in [-0.4, -0.2) is 0 Å². The molecular weight excluding hydrogens is 488 g/mol. The molecule has 4 heteroatoms. The van der Waals surface area contributed by atoms with E-state index >= 15 is 0 Å². The molecule has 0 bridgehead atoms. The lowest BCUT2D eigenvalue weighted by Crippen LogP contribution is -2.25. The van der Waals surface area contributed by atoms with Gasteiger partial charge in [0.1, 0.15) is 0 Å². The molecule has 0 unspecified atom stereocenters. The summed E-state index contributed by atoms with van der Waals surface area (Å²) < 4.78 is 0. The van der Waals surface area contributed by atoms with Crippen molar-refractivity contribution in [3.8, 4) is 0 Å². The van der Waals surface area contributed by atoms with E-state index in [4.69, 9.17) is 5.84 Å². The molecule has 0 spiro atoms. The minimum Gasteiger partial charge on any atom is -0.311 e. The third-order valence-electron chi connectivity index (χ3n) is 6.71. The van der Waals surface area contributed by atoms with Gasteiger partial charge < -0.3 is 9.80 Å². The molecule has 40 heavy (non-hydrogen) atoms. The summed E-state index contributed by atoms with van der Waals surface area (Å²) >= 11 is 0. The van der Waals surface area contributed by atoms with Gasteiger partial charge in [0.15, 0.2) is 0 Å². The van der Waals surface area contributed by atoms with Gasteiger partial charge in [-0.15, -0.1) is 0 Å². The van der Waals surface area contributed by atoms with Gasteiger partial charge in [0.25, 0.3) is 0 Å². The van der Waals surface area contributed by atoms with Crippen molar-refractivity contribution in [2.24, 2.45) is 5.84 Å². The molecule has 0 amide bonds. The molecule has 0 saturated heterocycles. The highest BCUT2D eigenvalue weighted by atomic mass is 15.4. The van der Waals surface area contributed by atoms with Crippen LogP contribution in [0.2, 0.25) is 0 Å². The predicted octanol–water partition coefficient (Wildman–Crippen LogP) is 9.24. The standard InChI is InChI=1S/C36H28N4/c37-40(35-25-21-33(22-26-35)38(29-13-5-1-6-14-29)30-15-7-2-8-16-30)36-27-23-34(24-28-36)39(31-17-9-3-10-18-31)32-19-11-4-12-20-32/h1-3,5-11,13-28H,37H2. The second-order valence-electron chi connectivity index (χ2n) is 9.27. The molecule has 2 N–H and O–H groups in total. The first-order chi connectivity index (χ1) is 19.8. The number of hydrazine groups is 1. The van der Waals surface area contributed by atoms with Crippen molar-refractivity contribution in [2.45, 2.75) is 0 Å². The molecule has 0 aromatic heterocycles. The van der Waals surface area contributed by atoms with Crippen LogP contribution < -0.4 is 20.7 Å². The zero-order valence-corrected chi connectivity index (χ0v) is 21.9. The van der Waals surface area contributed by atoms with Crippen molar-refractivity contribution < 1.29 is 0 Å². The van der Waals surface area contributed by atoms with Gasteiger partial charge in [0.05, 0.1) is 17.1 Å². The number of rotatable bonds is 8. The van der Waals surface area contributed by atoms with Crippen LogP contribution in [0.15, 0.2) is 158 Å². The van der Waals surface area contributed by atoms with Crippen LogP contribution in [0.4, 0.5) is 45.5 Å². The summed E-state index contributed by atoms with van der Waals surface area (Å²) in [4.78, 5) is 4.42. The van der Waals surface area contributed by atoms with E-state index in [0.717, 1.165) is 45.5 Å². The normalized spacial score (nSPS) is 10.4. The Morgan fingerprint density at radius 2 is 0.700 bits per heavy atom. The molecule has 6 aromatic carbocycles. The lowest BCUT2D eigenvalue weighted by molar-refractivity contribution is 1.08. The summed E-state index contributed by atoms with van der Waals surface area (Å²) in [6.07, 6.45) is 0. The fraction of sp³-hybridized carbons (Fsp3) is 0. The SMILES string of the molecule is NN(c1ccc(N(c2cc#ccc2)c2ccccc2)cc1)c1ccc(N(c2ccccc2)c2ccccc2)cc1. The summed E-state index contributed by atoms with van der Waals surface area (Å²) in [5.41, 5.74) is 8.14. The van der Waals surface area contributed by atoms with Gasteiger partial charge >= 0.3 is 0 Å². The highest BCUT2D eigenvalue weighted by Crippen LogP contribution is 2.37. The maximum atomic E-state index is 6.61. The summed E-state index contributed by atoms with van der Waals surface area (Å²) in [6, 6.07) is 59.5. The van der Waals surface area contributed by atoms with Crippen LogP contribution in [0.25, 0.3) is 0 Å². The Morgan fingerprint density at radius 3 is 1.07 bits per heavy atom. The number of hydrogen-bond acceptors (Lipinski definition) is 4. The molecule has 0 saturated carbocycles. The lowest BCUT2D eigenvalue weighted by Gasteiger charge is -2.27. The largest absolute Gasteiger partial charge is 0.311 e. The second-order valence-corrected chi connectivity index (χ2v) is 9.27. The van der Waals surface area contributed by atoms with E-state index < -0.39 is 0 Å². The molecule has 6 rings (SSSR count). The molecule has 0 atom stereocenters. The Kier molecular flexibility index (Phi) is 7.13. The Morgan fingerprint density at radius 1 is 0.350 bits per heavy atom. The van der Waals surface area contributed by atoms with Crippen LogP contribution in [0, 0.1) is 12.1 Å². The van der Waals surface area contributed by atoms with Gasteiger partial charge in [-0.05, 0) is 97.1 Å². The minimum atomic E-state index is 0.889.